The van der Waals surface area contributed by atoms with Gasteiger partial charge in [-0.25, -0.2) is 4.79 Å². The summed E-state index contributed by atoms with van der Waals surface area (Å²) in [6.45, 7) is 1.67. The molecule has 1 aromatic carbocycles. The van der Waals surface area contributed by atoms with Crippen molar-refractivity contribution in [3.8, 4) is 17.2 Å². The van der Waals surface area contributed by atoms with E-state index in [1.807, 2.05) is 18.2 Å². The average molecular weight is 375 g/mol. The lowest BCUT2D eigenvalue weighted by atomic mass is 9.93. The van der Waals surface area contributed by atoms with E-state index in [1.165, 1.54) is 0 Å². The highest BCUT2D eigenvalue weighted by molar-refractivity contribution is 5.85. The van der Waals surface area contributed by atoms with E-state index in [2.05, 4.69) is 5.32 Å². The number of benzene rings is 1. The van der Waals surface area contributed by atoms with Crippen molar-refractivity contribution in [3.05, 3.63) is 18.2 Å². The third kappa shape index (κ3) is 4.04. The number of likely N-dealkylation sites (N-methyl/N-ethyl adjacent to an activating group) is 1. The first-order chi connectivity index (χ1) is 13.1. The van der Waals surface area contributed by atoms with Gasteiger partial charge in [-0.15, -0.1) is 0 Å². The maximum Gasteiger partial charge on any atom is 0.320 e. The highest BCUT2D eigenvalue weighted by Crippen LogP contribution is 2.36. The van der Waals surface area contributed by atoms with Gasteiger partial charge in [0.05, 0.1) is 6.10 Å². The molecular weight excluding hydrogens is 350 g/mol. The van der Waals surface area contributed by atoms with Crippen LogP contribution in [0, 0.1) is 0 Å². The van der Waals surface area contributed by atoms with Gasteiger partial charge in [0.25, 0.3) is 0 Å². The lowest BCUT2D eigenvalue weighted by Gasteiger charge is -2.30. The van der Waals surface area contributed by atoms with Crippen LogP contribution in [0.1, 0.15) is 25.7 Å². The van der Waals surface area contributed by atoms with E-state index < -0.39 is 0 Å². The molecule has 0 unspecified atom stereocenters. The first-order valence-corrected chi connectivity index (χ1v) is 9.44. The van der Waals surface area contributed by atoms with Crippen LogP contribution in [0.3, 0.4) is 0 Å². The lowest BCUT2D eigenvalue weighted by Crippen LogP contribution is -2.45. The van der Waals surface area contributed by atoms with E-state index in [1.54, 1.807) is 16.8 Å². The highest BCUT2D eigenvalue weighted by Gasteiger charge is 2.29. The van der Waals surface area contributed by atoms with Crippen LogP contribution in [0.25, 0.3) is 0 Å². The summed E-state index contributed by atoms with van der Waals surface area (Å²) in [6.07, 6.45) is 3.63. The number of carbonyl (C=O) groups is 2. The third-order valence-corrected chi connectivity index (χ3v) is 5.32. The predicted octanol–water partition coefficient (Wildman–Crippen LogP) is 1.59. The molecule has 1 aliphatic carbocycles. The maximum atomic E-state index is 12.2. The summed E-state index contributed by atoms with van der Waals surface area (Å²) in [7, 11) is 1.75. The maximum absolute atomic E-state index is 12.2. The van der Waals surface area contributed by atoms with Crippen LogP contribution >= 0.6 is 0 Å². The number of ether oxygens (including phenoxy) is 3. The van der Waals surface area contributed by atoms with Gasteiger partial charge >= 0.3 is 6.03 Å². The number of hydrogen-bond acceptors (Lipinski definition) is 5. The SMILES string of the molecule is CN1CCN(CC(=O)NC2CCC(Oc3ccc4c(c3)OCO4)CC2)C1=O. The normalized spacial score (nSPS) is 24.3. The molecular formula is C19H25N3O5. The van der Waals surface area contributed by atoms with Gasteiger partial charge in [0.15, 0.2) is 11.5 Å². The zero-order valence-electron chi connectivity index (χ0n) is 15.5. The zero-order chi connectivity index (χ0) is 18.8. The number of nitrogens with zero attached hydrogens (tertiary/aromatic N) is 2. The van der Waals surface area contributed by atoms with E-state index in [-0.39, 0.29) is 37.4 Å². The standard InChI is InChI=1S/C19H25N3O5/c1-21-8-9-22(19(21)24)11-18(23)20-13-2-4-14(5-3-13)27-15-6-7-16-17(10-15)26-12-25-16/h6-7,10,13-14H,2-5,8-9,11-12H2,1H3,(H,20,23). The zero-order valence-corrected chi connectivity index (χ0v) is 15.5. The Balaban J connectivity index is 1.21. The minimum absolute atomic E-state index is 0.0778. The largest absolute Gasteiger partial charge is 0.490 e. The summed E-state index contributed by atoms with van der Waals surface area (Å²) in [4.78, 5) is 27.3. The Morgan fingerprint density at radius 1 is 1.19 bits per heavy atom. The van der Waals surface area contributed by atoms with Gasteiger partial charge in [-0.2, -0.15) is 0 Å². The fraction of sp³-hybridized carbons (Fsp3) is 0.579. The van der Waals surface area contributed by atoms with Crippen molar-refractivity contribution in [2.24, 2.45) is 0 Å². The second-order valence-corrected chi connectivity index (χ2v) is 7.30. The Labute approximate surface area is 158 Å². The molecule has 1 saturated carbocycles. The van der Waals surface area contributed by atoms with Crippen LogP contribution in [0.4, 0.5) is 4.79 Å². The Kier molecular flexibility index (Phi) is 4.96. The third-order valence-electron chi connectivity index (χ3n) is 5.32. The van der Waals surface area contributed by atoms with Crippen molar-refractivity contribution >= 4 is 11.9 Å². The number of rotatable bonds is 5. The fourth-order valence-corrected chi connectivity index (χ4v) is 3.76. The molecule has 146 valence electrons. The van der Waals surface area contributed by atoms with Gasteiger partial charge in [0.2, 0.25) is 12.7 Å². The number of nitrogens with one attached hydrogen (secondary N) is 1. The molecule has 3 amide bonds. The van der Waals surface area contributed by atoms with E-state index in [9.17, 15) is 9.59 Å². The van der Waals surface area contributed by atoms with Gasteiger partial charge in [-0.05, 0) is 37.8 Å². The smallest absolute Gasteiger partial charge is 0.320 e. The van der Waals surface area contributed by atoms with E-state index in [4.69, 9.17) is 14.2 Å². The molecule has 0 atom stereocenters. The van der Waals surface area contributed by atoms with Crippen LogP contribution in [-0.2, 0) is 4.79 Å². The molecule has 2 fully saturated rings. The van der Waals surface area contributed by atoms with Crippen LogP contribution in [0.5, 0.6) is 17.2 Å². The Morgan fingerprint density at radius 2 is 1.96 bits per heavy atom. The highest BCUT2D eigenvalue weighted by atomic mass is 16.7. The molecule has 0 spiro atoms. The van der Waals surface area contributed by atoms with Crippen molar-refractivity contribution < 1.29 is 23.8 Å². The Hall–Kier alpha value is -2.64. The Morgan fingerprint density at radius 3 is 2.70 bits per heavy atom. The van der Waals surface area contributed by atoms with Gasteiger partial charge in [-0.1, -0.05) is 0 Å². The summed E-state index contributed by atoms with van der Waals surface area (Å²) in [6, 6.07) is 5.68. The molecule has 2 heterocycles. The number of urea groups is 1. The first kappa shape index (κ1) is 17.8. The van der Waals surface area contributed by atoms with Crippen LogP contribution < -0.4 is 19.5 Å². The summed E-state index contributed by atoms with van der Waals surface area (Å²) >= 11 is 0. The molecule has 1 N–H and O–H groups in total. The molecule has 8 heteroatoms. The Bertz CT molecular complexity index is 717. The van der Waals surface area contributed by atoms with E-state index in [0.29, 0.717) is 13.1 Å². The fourth-order valence-electron chi connectivity index (χ4n) is 3.76. The van der Waals surface area contributed by atoms with Crippen LogP contribution in [-0.4, -0.2) is 67.4 Å². The number of carbonyl (C=O) groups excluding carboxylic acids is 2. The van der Waals surface area contributed by atoms with Gasteiger partial charge in [-0.3, -0.25) is 4.79 Å². The molecule has 1 aromatic rings. The molecule has 0 bridgehead atoms. The predicted molar refractivity (Wildman–Crippen MR) is 97.0 cm³/mol. The van der Waals surface area contributed by atoms with Gasteiger partial charge in [0.1, 0.15) is 12.3 Å². The monoisotopic (exact) mass is 375 g/mol. The first-order valence-electron chi connectivity index (χ1n) is 9.44. The second kappa shape index (κ2) is 7.54. The van der Waals surface area contributed by atoms with Crippen molar-refractivity contribution in [1.29, 1.82) is 0 Å². The van der Waals surface area contributed by atoms with E-state index in [0.717, 1.165) is 42.9 Å². The summed E-state index contributed by atoms with van der Waals surface area (Å²) in [5.41, 5.74) is 0. The summed E-state index contributed by atoms with van der Waals surface area (Å²) in [5, 5.41) is 3.06. The van der Waals surface area contributed by atoms with Gasteiger partial charge < -0.3 is 29.3 Å². The van der Waals surface area contributed by atoms with Crippen molar-refractivity contribution in [2.45, 2.75) is 37.8 Å². The quantitative estimate of drug-likeness (QED) is 0.845. The molecule has 3 aliphatic rings. The molecule has 4 rings (SSSR count). The summed E-state index contributed by atoms with van der Waals surface area (Å²) in [5.74, 6) is 2.16. The topological polar surface area (TPSA) is 80.3 Å². The van der Waals surface area contributed by atoms with Crippen LogP contribution in [0.2, 0.25) is 0 Å². The second-order valence-electron chi connectivity index (χ2n) is 7.30. The van der Waals surface area contributed by atoms with E-state index >= 15 is 0 Å². The van der Waals surface area contributed by atoms with Crippen molar-refractivity contribution in [3.63, 3.8) is 0 Å². The number of amides is 3. The number of hydrogen-bond donors (Lipinski definition) is 1. The van der Waals surface area contributed by atoms with Crippen molar-refractivity contribution in [1.82, 2.24) is 15.1 Å². The molecule has 0 radical (unpaired) electrons. The molecule has 8 nitrogen and oxygen atoms in total. The minimum atomic E-state index is -0.0845. The lowest BCUT2D eigenvalue weighted by molar-refractivity contribution is -0.122. The minimum Gasteiger partial charge on any atom is -0.490 e. The summed E-state index contributed by atoms with van der Waals surface area (Å²) < 4.78 is 16.7. The van der Waals surface area contributed by atoms with Crippen LogP contribution in [0.15, 0.2) is 18.2 Å². The van der Waals surface area contributed by atoms with Crippen molar-refractivity contribution in [2.75, 3.05) is 33.5 Å². The number of fused-ring (bicyclic) bond motifs is 1. The molecule has 0 aromatic heterocycles. The molecule has 1 saturated heterocycles. The average Bonchev–Trinajstić information content (AvgIpc) is 3.25. The molecule has 2 aliphatic heterocycles. The van der Waals surface area contributed by atoms with Gasteiger partial charge in [0, 0.05) is 32.2 Å². The molecule has 27 heavy (non-hydrogen) atoms.